The van der Waals surface area contributed by atoms with Gasteiger partial charge in [-0.25, -0.2) is 4.68 Å². The number of aryl methyl sites for hydroxylation is 2. The fraction of sp³-hybridized carbons (Fsp3) is 0.273. The van der Waals surface area contributed by atoms with E-state index in [-0.39, 0.29) is 0 Å². The summed E-state index contributed by atoms with van der Waals surface area (Å²) in [6, 6.07) is 2.00. The number of rotatable bonds is 1. The van der Waals surface area contributed by atoms with Crippen molar-refractivity contribution in [1.29, 1.82) is 0 Å². The monoisotopic (exact) mass is 262 g/mol. The summed E-state index contributed by atoms with van der Waals surface area (Å²) in [7, 11) is 0. The predicted octanol–water partition coefficient (Wildman–Crippen LogP) is 1.89. The SMILES string of the molecule is Cc1cc(C)n(-c2c(C)c(Cl)nc3ncnn23)n1. The Morgan fingerprint density at radius 3 is 2.67 bits per heavy atom. The number of fused-ring (bicyclic) bond motifs is 1. The Balaban J connectivity index is 2.43. The molecule has 92 valence electrons. The van der Waals surface area contributed by atoms with Crippen molar-refractivity contribution in [1.82, 2.24) is 29.4 Å². The molecule has 0 N–H and O–H groups in total. The van der Waals surface area contributed by atoms with E-state index in [0.717, 1.165) is 22.8 Å². The second kappa shape index (κ2) is 3.78. The summed E-state index contributed by atoms with van der Waals surface area (Å²) in [6.45, 7) is 5.82. The average Bonchev–Trinajstić information content (AvgIpc) is 2.87. The van der Waals surface area contributed by atoms with E-state index in [4.69, 9.17) is 11.6 Å². The van der Waals surface area contributed by atoms with Crippen LogP contribution in [0.25, 0.3) is 11.6 Å². The van der Waals surface area contributed by atoms with Crippen LogP contribution in [-0.4, -0.2) is 29.4 Å². The maximum atomic E-state index is 6.13. The first-order valence-electron chi connectivity index (χ1n) is 5.47. The van der Waals surface area contributed by atoms with Gasteiger partial charge >= 0.3 is 0 Å². The van der Waals surface area contributed by atoms with Crippen LogP contribution < -0.4 is 0 Å². The number of hydrogen-bond donors (Lipinski definition) is 0. The summed E-state index contributed by atoms with van der Waals surface area (Å²) < 4.78 is 3.44. The normalized spacial score (nSPS) is 11.3. The Kier molecular flexibility index (Phi) is 2.34. The van der Waals surface area contributed by atoms with Crippen molar-refractivity contribution >= 4 is 17.4 Å². The smallest absolute Gasteiger partial charge is 0.219 e. The molecule has 3 rings (SSSR count). The van der Waals surface area contributed by atoms with E-state index in [1.807, 2.05) is 26.8 Å². The van der Waals surface area contributed by atoms with Gasteiger partial charge in [0.15, 0.2) is 5.82 Å². The molecular weight excluding hydrogens is 252 g/mol. The molecule has 0 aliphatic rings. The molecule has 0 atom stereocenters. The summed E-state index contributed by atoms with van der Waals surface area (Å²) in [5, 5.41) is 9.04. The molecule has 0 bridgehead atoms. The van der Waals surface area contributed by atoms with Crippen LogP contribution in [-0.2, 0) is 0 Å². The highest BCUT2D eigenvalue weighted by Crippen LogP contribution is 2.22. The maximum Gasteiger partial charge on any atom is 0.255 e. The third kappa shape index (κ3) is 1.49. The van der Waals surface area contributed by atoms with Crippen LogP contribution >= 0.6 is 11.6 Å². The molecule has 0 amide bonds. The van der Waals surface area contributed by atoms with Gasteiger partial charge in [0, 0.05) is 11.3 Å². The van der Waals surface area contributed by atoms with Crippen LogP contribution in [0.15, 0.2) is 12.4 Å². The summed E-state index contributed by atoms with van der Waals surface area (Å²) in [5.41, 5.74) is 2.77. The highest BCUT2D eigenvalue weighted by Gasteiger charge is 2.16. The van der Waals surface area contributed by atoms with E-state index in [2.05, 4.69) is 20.2 Å². The van der Waals surface area contributed by atoms with Crippen LogP contribution in [0.1, 0.15) is 17.0 Å². The minimum atomic E-state index is 0.415. The van der Waals surface area contributed by atoms with Gasteiger partial charge in [0.25, 0.3) is 5.78 Å². The molecule has 3 aromatic heterocycles. The topological polar surface area (TPSA) is 60.9 Å². The van der Waals surface area contributed by atoms with Gasteiger partial charge in [-0.2, -0.15) is 24.7 Å². The van der Waals surface area contributed by atoms with Crippen LogP contribution in [0, 0.1) is 20.8 Å². The zero-order valence-corrected chi connectivity index (χ0v) is 11.0. The van der Waals surface area contributed by atoms with Crippen LogP contribution in [0.4, 0.5) is 0 Å². The molecule has 3 heterocycles. The molecule has 0 aliphatic heterocycles. The summed E-state index contributed by atoms with van der Waals surface area (Å²) >= 11 is 6.13. The quantitative estimate of drug-likeness (QED) is 0.629. The molecule has 18 heavy (non-hydrogen) atoms. The Morgan fingerprint density at radius 2 is 2.00 bits per heavy atom. The summed E-state index contributed by atoms with van der Waals surface area (Å²) in [4.78, 5) is 8.23. The highest BCUT2D eigenvalue weighted by atomic mass is 35.5. The molecule has 3 aromatic rings. The number of hydrogen-bond acceptors (Lipinski definition) is 4. The van der Waals surface area contributed by atoms with Gasteiger partial charge in [-0.1, -0.05) is 11.6 Å². The van der Waals surface area contributed by atoms with Gasteiger partial charge < -0.3 is 0 Å². The van der Waals surface area contributed by atoms with Crippen molar-refractivity contribution in [2.24, 2.45) is 0 Å². The third-order valence-electron chi connectivity index (χ3n) is 2.78. The second-order valence-corrected chi connectivity index (χ2v) is 4.52. The van der Waals surface area contributed by atoms with Crippen molar-refractivity contribution in [3.63, 3.8) is 0 Å². The zero-order valence-electron chi connectivity index (χ0n) is 10.2. The van der Waals surface area contributed by atoms with Crippen molar-refractivity contribution in [3.8, 4) is 5.82 Å². The molecular formula is C11H11ClN6. The largest absolute Gasteiger partial charge is 0.255 e. The second-order valence-electron chi connectivity index (χ2n) is 4.16. The summed E-state index contributed by atoms with van der Waals surface area (Å²) in [6.07, 6.45) is 1.45. The maximum absolute atomic E-state index is 6.13. The Labute approximate surface area is 108 Å². The van der Waals surface area contributed by atoms with Crippen molar-refractivity contribution < 1.29 is 0 Å². The Hall–Kier alpha value is -1.95. The Morgan fingerprint density at radius 1 is 1.22 bits per heavy atom. The van der Waals surface area contributed by atoms with Crippen molar-refractivity contribution in [2.75, 3.05) is 0 Å². The number of halogens is 1. The zero-order chi connectivity index (χ0) is 12.9. The van der Waals surface area contributed by atoms with E-state index in [1.54, 1.807) is 9.20 Å². The van der Waals surface area contributed by atoms with E-state index >= 15 is 0 Å². The molecule has 7 heteroatoms. The first kappa shape index (κ1) is 11.2. The molecule has 0 radical (unpaired) electrons. The van der Waals surface area contributed by atoms with Gasteiger partial charge in [0.2, 0.25) is 0 Å². The van der Waals surface area contributed by atoms with E-state index in [9.17, 15) is 0 Å². The van der Waals surface area contributed by atoms with Crippen LogP contribution in [0.3, 0.4) is 0 Å². The average molecular weight is 263 g/mol. The lowest BCUT2D eigenvalue weighted by Gasteiger charge is -2.10. The molecule has 6 nitrogen and oxygen atoms in total. The minimum absolute atomic E-state index is 0.415. The van der Waals surface area contributed by atoms with Gasteiger partial charge in [0.05, 0.1) is 5.69 Å². The summed E-state index contributed by atoms with van der Waals surface area (Å²) in [5.74, 6) is 1.24. The molecule has 0 aromatic carbocycles. The molecule has 0 unspecified atom stereocenters. The Bertz CT molecular complexity index is 741. The fourth-order valence-electron chi connectivity index (χ4n) is 1.98. The first-order valence-corrected chi connectivity index (χ1v) is 5.85. The number of aromatic nitrogens is 6. The minimum Gasteiger partial charge on any atom is -0.219 e. The molecule has 0 saturated carbocycles. The van der Waals surface area contributed by atoms with Gasteiger partial charge in [-0.05, 0) is 26.8 Å². The van der Waals surface area contributed by atoms with Crippen LogP contribution in [0.2, 0.25) is 5.15 Å². The van der Waals surface area contributed by atoms with Crippen molar-refractivity contribution in [3.05, 3.63) is 34.5 Å². The lowest BCUT2D eigenvalue weighted by atomic mass is 10.3. The van der Waals surface area contributed by atoms with Gasteiger partial charge in [-0.15, -0.1) is 0 Å². The highest BCUT2D eigenvalue weighted by molar-refractivity contribution is 6.30. The standard InChI is InChI=1S/C11H11ClN6/c1-6-4-7(2)17(16-6)10-8(3)9(12)15-11-13-5-14-18(10)11/h4-5H,1-3H3. The molecule has 0 fully saturated rings. The molecule has 0 aliphatic carbocycles. The van der Waals surface area contributed by atoms with Crippen molar-refractivity contribution in [2.45, 2.75) is 20.8 Å². The lowest BCUT2D eigenvalue weighted by molar-refractivity contribution is 0.747. The fourth-order valence-corrected chi connectivity index (χ4v) is 2.14. The van der Waals surface area contributed by atoms with Crippen LogP contribution in [0.5, 0.6) is 0 Å². The third-order valence-corrected chi connectivity index (χ3v) is 3.15. The predicted molar refractivity (Wildman–Crippen MR) is 67.1 cm³/mol. The van der Waals surface area contributed by atoms with E-state index in [1.165, 1.54) is 6.33 Å². The van der Waals surface area contributed by atoms with E-state index < -0.39 is 0 Å². The van der Waals surface area contributed by atoms with E-state index in [0.29, 0.717) is 10.9 Å². The van der Waals surface area contributed by atoms with Gasteiger partial charge in [-0.3, -0.25) is 0 Å². The first-order chi connectivity index (χ1) is 8.58. The molecule has 0 spiro atoms. The van der Waals surface area contributed by atoms with Gasteiger partial charge in [0.1, 0.15) is 11.5 Å². The number of nitrogens with zero attached hydrogens (tertiary/aromatic N) is 6. The lowest BCUT2D eigenvalue weighted by Crippen LogP contribution is -2.11. The molecule has 0 saturated heterocycles.